The zero-order valence-corrected chi connectivity index (χ0v) is 15.9. The Morgan fingerprint density at radius 3 is 2.77 bits per heavy atom. The van der Waals surface area contributed by atoms with Crippen molar-refractivity contribution in [3.8, 4) is 0 Å². The quantitative estimate of drug-likeness (QED) is 0.401. The Hall–Kier alpha value is -2.04. The van der Waals surface area contributed by atoms with Gasteiger partial charge in [0.1, 0.15) is 6.26 Å². The summed E-state index contributed by atoms with van der Waals surface area (Å²) in [6.45, 7) is 0. The van der Waals surface area contributed by atoms with Gasteiger partial charge in [0.15, 0.2) is 5.78 Å². The number of ketones is 1. The molecule has 3 aromatic rings. The lowest BCUT2D eigenvalue weighted by atomic mass is 9.94. The van der Waals surface area contributed by atoms with Crippen LogP contribution in [0.3, 0.4) is 0 Å². The van der Waals surface area contributed by atoms with Gasteiger partial charge in [-0.25, -0.2) is 0 Å². The number of benzene rings is 2. The molecule has 0 saturated heterocycles. The second-order valence-corrected chi connectivity index (χ2v) is 7.79. The summed E-state index contributed by atoms with van der Waals surface area (Å²) in [5, 5.41) is 4.61. The smallest absolute Gasteiger partial charge is 0.198 e. The second kappa shape index (κ2) is 7.29. The van der Waals surface area contributed by atoms with E-state index in [2.05, 4.69) is 23.5 Å². The first-order valence-corrected chi connectivity index (χ1v) is 10.2. The van der Waals surface area contributed by atoms with Crippen LogP contribution in [0.15, 0.2) is 58.1 Å². The fraction of sp³-hybridized carbons (Fsp3) is 0.238. The van der Waals surface area contributed by atoms with Crippen LogP contribution in [-0.4, -0.2) is 17.2 Å². The fourth-order valence-electron chi connectivity index (χ4n) is 3.18. The van der Waals surface area contributed by atoms with Crippen LogP contribution >= 0.6 is 23.4 Å². The van der Waals surface area contributed by atoms with Crippen molar-refractivity contribution in [2.75, 3.05) is 6.26 Å². The van der Waals surface area contributed by atoms with Crippen LogP contribution in [0.25, 0.3) is 0 Å². The van der Waals surface area contributed by atoms with E-state index in [0.717, 1.165) is 24.1 Å². The molecule has 0 spiro atoms. The van der Waals surface area contributed by atoms with Crippen molar-refractivity contribution in [3.63, 3.8) is 0 Å². The summed E-state index contributed by atoms with van der Waals surface area (Å²) >= 11 is 7.91. The monoisotopic (exact) mass is 383 g/mol. The van der Waals surface area contributed by atoms with Gasteiger partial charge in [-0.3, -0.25) is 4.79 Å². The highest BCUT2D eigenvalue weighted by Gasteiger charge is 2.32. The highest BCUT2D eigenvalue weighted by Crippen LogP contribution is 2.41. The van der Waals surface area contributed by atoms with E-state index in [1.807, 2.05) is 24.3 Å². The molecule has 1 aliphatic rings. The largest absolute Gasteiger partial charge is 0.364 e. The van der Waals surface area contributed by atoms with Crippen LogP contribution in [0, 0.1) is 0 Å². The number of thioether (sulfide) groups is 1. The molecule has 1 aliphatic carbocycles. The van der Waals surface area contributed by atoms with Crippen molar-refractivity contribution in [1.29, 1.82) is 0 Å². The molecule has 0 bridgehead atoms. The molecule has 0 unspecified atom stereocenters. The molecule has 0 radical (unpaired) electrons. The number of halogens is 1. The summed E-state index contributed by atoms with van der Waals surface area (Å²) < 4.78 is 5.11. The maximum Gasteiger partial charge on any atom is 0.198 e. The average Bonchev–Trinajstić information content (AvgIpc) is 3.39. The number of hydrogen-bond donors (Lipinski definition) is 0. The van der Waals surface area contributed by atoms with Gasteiger partial charge in [0.25, 0.3) is 0 Å². The molecular formula is C21H18ClNO2S. The Morgan fingerprint density at radius 2 is 2.00 bits per heavy atom. The van der Waals surface area contributed by atoms with Crippen LogP contribution in [-0.2, 0) is 6.42 Å². The van der Waals surface area contributed by atoms with E-state index in [9.17, 15) is 4.79 Å². The minimum absolute atomic E-state index is 0.0627. The molecule has 0 amide bonds. The zero-order chi connectivity index (χ0) is 18.1. The maximum atomic E-state index is 13.2. The molecule has 26 heavy (non-hydrogen) atoms. The lowest BCUT2D eigenvalue weighted by Crippen LogP contribution is -2.08. The third kappa shape index (κ3) is 3.44. The zero-order valence-electron chi connectivity index (χ0n) is 14.4. The van der Waals surface area contributed by atoms with E-state index in [1.54, 1.807) is 17.8 Å². The first-order valence-electron chi connectivity index (χ1n) is 8.56. The van der Waals surface area contributed by atoms with Gasteiger partial charge < -0.3 is 4.52 Å². The standard InChI is InChI=1S/C21H18ClNO2S/c1-26-19-5-3-2-4-15(19)10-14-8-9-16(22)11-17(14)21(24)18-12-25-23-20(18)13-6-7-13/h2-5,8-9,11-13H,6-7,10H2,1H3. The van der Waals surface area contributed by atoms with E-state index >= 15 is 0 Å². The molecule has 3 nitrogen and oxygen atoms in total. The average molecular weight is 384 g/mol. The summed E-state index contributed by atoms with van der Waals surface area (Å²) in [5.41, 5.74) is 4.13. The minimum Gasteiger partial charge on any atom is -0.364 e. The minimum atomic E-state index is -0.0627. The van der Waals surface area contributed by atoms with Gasteiger partial charge >= 0.3 is 0 Å². The third-order valence-corrected chi connectivity index (χ3v) is 5.77. The summed E-state index contributed by atoms with van der Waals surface area (Å²) in [4.78, 5) is 14.4. The molecule has 0 atom stereocenters. The van der Waals surface area contributed by atoms with E-state index in [4.69, 9.17) is 16.1 Å². The molecule has 1 saturated carbocycles. The van der Waals surface area contributed by atoms with Gasteiger partial charge in [0.2, 0.25) is 0 Å². The number of aromatic nitrogens is 1. The number of hydrogen-bond acceptors (Lipinski definition) is 4. The molecule has 1 aromatic heterocycles. The number of rotatable bonds is 6. The molecule has 2 aromatic carbocycles. The number of nitrogens with zero attached hydrogens (tertiary/aromatic N) is 1. The van der Waals surface area contributed by atoms with Gasteiger partial charge in [-0.15, -0.1) is 11.8 Å². The van der Waals surface area contributed by atoms with Gasteiger partial charge in [0.05, 0.1) is 11.3 Å². The molecular weight excluding hydrogens is 366 g/mol. The topological polar surface area (TPSA) is 43.1 Å². The molecule has 0 N–H and O–H groups in total. The van der Waals surface area contributed by atoms with E-state index in [1.165, 1.54) is 16.7 Å². The molecule has 5 heteroatoms. The predicted octanol–water partition coefficient (Wildman–Crippen LogP) is 5.75. The Kier molecular flexibility index (Phi) is 4.88. The molecule has 132 valence electrons. The van der Waals surface area contributed by atoms with E-state index in [0.29, 0.717) is 28.5 Å². The Balaban J connectivity index is 1.73. The van der Waals surface area contributed by atoms with Crippen molar-refractivity contribution < 1.29 is 9.32 Å². The Bertz CT molecular complexity index is 962. The molecule has 0 aliphatic heterocycles. The SMILES string of the molecule is CSc1ccccc1Cc1ccc(Cl)cc1C(=O)c1conc1C1CC1. The third-order valence-electron chi connectivity index (χ3n) is 4.70. The second-order valence-electron chi connectivity index (χ2n) is 6.51. The van der Waals surface area contributed by atoms with E-state index < -0.39 is 0 Å². The first-order chi connectivity index (χ1) is 12.7. The van der Waals surface area contributed by atoms with Crippen LogP contribution < -0.4 is 0 Å². The highest BCUT2D eigenvalue weighted by molar-refractivity contribution is 7.98. The summed E-state index contributed by atoms with van der Waals surface area (Å²) in [6, 6.07) is 13.8. The van der Waals surface area contributed by atoms with Gasteiger partial charge in [0, 0.05) is 21.4 Å². The number of carbonyl (C=O) groups is 1. The molecule has 1 fully saturated rings. The van der Waals surface area contributed by atoms with Crippen LogP contribution in [0.1, 0.15) is 51.5 Å². The summed E-state index contributed by atoms with van der Waals surface area (Å²) in [7, 11) is 0. The molecule has 4 rings (SSSR count). The van der Waals surface area contributed by atoms with Crippen molar-refractivity contribution in [1.82, 2.24) is 5.16 Å². The number of carbonyl (C=O) groups excluding carboxylic acids is 1. The lowest BCUT2D eigenvalue weighted by molar-refractivity contribution is 0.103. The maximum absolute atomic E-state index is 13.2. The normalized spacial score (nSPS) is 13.8. The van der Waals surface area contributed by atoms with Crippen LogP contribution in [0.2, 0.25) is 5.02 Å². The van der Waals surface area contributed by atoms with Crippen LogP contribution in [0.4, 0.5) is 0 Å². The Labute approximate surface area is 161 Å². The van der Waals surface area contributed by atoms with Crippen LogP contribution in [0.5, 0.6) is 0 Å². The van der Waals surface area contributed by atoms with Crippen molar-refractivity contribution in [3.05, 3.63) is 81.7 Å². The van der Waals surface area contributed by atoms with Crippen molar-refractivity contribution >= 4 is 29.1 Å². The predicted molar refractivity (Wildman–Crippen MR) is 104 cm³/mol. The fourth-order valence-corrected chi connectivity index (χ4v) is 3.97. The molecule has 1 heterocycles. The van der Waals surface area contributed by atoms with Gasteiger partial charge in [-0.2, -0.15) is 0 Å². The Morgan fingerprint density at radius 1 is 1.19 bits per heavy atom. The van der Waals surface area contributed by atoms with E-state index in [-0.39, 0.29) is 5.78 Å². The highest BCUT2D eigenvalue weighted by atomic mass is 35.5. The summed E-state index contributed by atoms with van der Waals surface area (Å²) in [5.74, 6) is 0.292. The van der Waals surface area contributed by atoms with Crippen molar-refractivity contribution in [2.45, 2.75) is 30.1 Å². The van der Waals surface area contributed by atoms with Gasteiger partial charge in [-0.05, 0) is 54.8 Å². The first kappa shape index (κ1) is 17.4. The lowest BCUT2D eigenvalue weighted by Gasteiger charge is -2.12. The van der Waals surface area contributed by atoms with Gasteiger partial charge in [-0.1, -0.05) is 41.0 Å². The van der Waals surface area contributed by atoms with Crippen molar-refractivity contribution in [2.24, 2.45) is 0 Å². The summed E-state index contributed by atoms with van der Waals surface area (Å²) in [6.07, 6.45) is 6.34.